The Morgan fingerprint density at radius 2 is 2.00 bits per heavy atom. The van der Waals surface area contributed by atoms with Gasteiger partial charge in [0, 0.05) is 4.90 Å². The number of carbonyl (C=O) groups excluding carboxylic acids is 1. The number of amides is 1. The van der Waals surface area contributed by atoms with Crippen LogP contribution in [0.15, 0.2) is 29.2 Å². The Labute approximate surface area is 114 Å². The number of hydrogen-bond acceptors (Lipinski definition) is 3. The van der Waals surface area contributed by atoms with E-state index >= 15 is 0 Å². The molecule has 0 aliphatic carbocycles. The van der Waals surface area contributed by atoms with Gasteiger partial charge < -0.3 is 10.6 Å². The second kappa shape index (κ2) is 8.16. The van der Waals surface area contributed by atoms with Crippen molar-refractivity contribution in [2.24, 2.45) is 0 Å². The number of rotatable bonds is 7. The second-order valence-electron chi connectivity index (χ2n) is 4.24. The molecular weight excluding hydrogens is 244 g/mol. The Morgan fingerprint density at radius 1 is 1.33 bits per heavy atom. The van der Waals surface area contributed by atoms with Crippen molar-refractivity contribution in [2.75, 3.05) is 19.3 Å². The normalized spacial score (nSPS) is 12.2. The minimum Gasteiger partial charge on any atom is -0.348 e. The fourth-order valence-corrected chi connectivity index (χ4v) is 2.06. The molecular formula is C14H22N2OS. The third-order valence-corrected chi connectivity index (χ3v) is 3.45. The molecule has 0 spiro atoms. The Hall–Kier alpha value is -1.00. The molecule has 1 aromatic rings. The van der Waals surface area contributed by atoms with E-state index in [0.29, 0.717) is 6.54 Å². The molecule has 100 valence electrons. The molecule has 0 bridgehead atoms. The van der Waals surface area contributed by atoms with Crippen molar-refractivity contribution in [3.05, 3.63) is 29.8 Å². The summed E-state index contributed by atoms with van der Waals surface area (Å²) in [5, 5.41) is 6.08. The average molecular weight is 266 g/mol. The molecule has 1 amide bonds. The zero-order valence-electron chi connectivity index (χ0n) is 11.3. The molecule has 0 aromatic heterocycles. The number of benzene rings is 1. The van der Waals surface area contributed by atoms with Crippen molar-refractivity contribution in [1.82, 2.24) is 10.6 Å². The highest BCUT2D eigenvalue weighted by Crippen LogP contribution is 2.18. The molecule has 0 aliphatic rings. The molecule has 0 saturated heterocycles. The van der Waals surface area contributed by atoms with Gasteiger partial charge in [-0.3, -0.25) is 4.79 Å². The van der Waals surface area contributed by atoms with E-state index in [1.54, 1.807) is 11.8 Å². The van der Waals surface area contributed by atoms with Crippen molar-refractivity contribution in [3.8, 4) is 0 Å². The van der Waals surface area contributed by atoms with Gasteiger partial charge in [-0.15, -0.1) is 11.8 Å². The number of thioether (sulfide) groups is 1. The predicted octanol–water partition coefficient (Wildman–Crippen LogP) is 2.59. The van der Waals surface area contributed by atoms with Gasteiger partial charge in [-0.2, -0.15) is 0 Å². The molecule has 1 atom stereocenters. The molecule has 1 aromatic carbocycles. The molecule has 0 radical (unpaired) electrons. The zero-order chi connectivity index (χ0) is 13.4. The van der Waals surface area contributed by atoms with Crippen LogP contribution >= 0.6 is 11.8 Å². The summed E-state index contributed by atoms with van der Waals surface area (Å²) in [6, 6.07) is 8.35. The smallest absolute Gasteiger partial charge is 0.234 e. The van der Waals surface area contributed by atoms with Crippen LogP contribution in [-0.4, -0.2) is 25.3 Å². The molecule has 0 saturated carbocycles. The van der Waals surface area contributed by atoms with Crippen molar-refractivity contribution in [2.45, 2.75) is 31.2 Å². The van der Waals surface area contributed by atoms with Gasteiger partial charge >= 0.3 is 0 Å². The third kappa shape index (κ3) is 5.10. The maximum absolute atomic E-state index is 11.6. The summed E-state index contributed by atoms with van der Waals surface area (Å²) in [4.78, 5) is 12.9. The zero-order valence-corrected chi connectivity index (χ0v) is 12.1. The molecule has 0 heterocycles. The Balaban J connectivity index is 2.43. The fraction of sp³-hybridized carbons (Fsp3) is 0.500. The molecule has 2 N–H and O–H groups in total. The SMILES string of the molecule is CCCNCC(=O)NC(C)c1ccc(SC)cc1. The molecule has 18 heavy (non-hydrogen) atoms. The summed E-state index contributed by atoms with van der Waals surface area (Å²) in [7, 11) is 0. The number of nitrogens with one attached hydrogen (secondary N) is 2. The fourth-order valence-electron chi connectivity index (χ4n) is 1.65. The Morgan fingerprint density at radius 3 is 2.56 bits per heavy atom. The number of hydrogen-bond donors (Lipinski definition) is 2. The first kappa shape index (κ1) is 15.1. The van der Waals surface area contributed by atoms with Gasteiger partial charge in [0.05, 0.1) is 12.6 Å². The van der Waals surface area contributed by atoms with Gasteiger partial charge in [0.25, 0.3) is 0 Å². The minimum atomic E-state index is 0.0462. The summed E-state index contributed by atoms with van der Waals surface area (Å²) in [6.07, 6.45) is 3.10. The van der Waals surface area contributed by atoms with Gasteiger partial charge in [-0.1, -0.05) is 19.1 Å². The highest BCUT2D eigenvalue weighted by atomic mass is 32.2. The Bertz CT molecular complexity index is 365. The number of carbonyl (C=O) groups is 1. The summed E-state index contributed by atoms with van der Waals surface area (Å²) in [6.45, 7) is 5.36. The molecule has 3 nitrogen and oxygen atoms in total. The first-order valence-electron chi connectivity index (χ1n) is 6.31. The average Bonchev–Trinajstić information content (AvgIpc) is 2.39. The molecule has 1 unspecified atom stereocenters. The third-order valence-electron chi connectivity index (χ3n) is 2.71. The van der Waals surface area contributed by atoms with Crippen LogP contribution < -0.4 is 10.6 Å². The topological polar surface area (TPSA) is 41.1 Å². The first-order valence-corrected chi connectivity index (χ1v) is 7.54. The van der Waals surface area contributed by atoms with E-state index in [9.17, 15) is 4.79 Å². The van der Waals surface area contributed by atoms with Crippen LogP contribution in [-0.2, 0) is 4.79 Å². The predicted molar refractivity (Wildman–Crippen MR) is 77.9 cm³/mol. The first-order chi connectivity index (χ1) is 8.67. The van der Waals surface area contributed by atoms with Crippen LogP contribution in [0.5, 0.6) is 0 Å². The van der Waals surface area contributed by atoms with Crippen molar-refractivity contribution >= 4 is 17.7 Å². The van der Waals surface area contributed by atoms with E-state index in [-0.39, 0.29) is 11.9 Å². The van der Waals surface area contributed by atoms with Gasteiger partial charge in [0.2, 0.25) is 5.91 Å². The maximum Gasteiger partial charge on any atom is 0.234 e. The van der Waals surface area contributed by atoms with E-state index in [2.05, 4.69) is 48.1 Å². The van der Waals surface area contributed by atoms with Gasteiger partial charge in [-0.25, -0.2) is 0 Å². The summed E-state index contributed by atoms with van der Waals surface area (Å²) in [5.41, 5.74) is 1.14. The summed E-state index contributed by atoms with van der Waals surface area (Å²) >= 11 is 1.72. The quantitative estimate of drug-likeness (QED) is 0.589. The largest absolute Gasteiger partial charge is 0.348 e. The highest BCUT2D eigenvalue weighted by Gasteiger charge is 2.08. The van der Waals surface area contributed by atoms with Crippen LogP contribution in [0.2, 0.25) is 0 Å². The molecule has 1 rings (SSSR count). The van der Waals surface area contributed by atoms with E-state index in [1.807, 2.05) is 6.92 Å². The van der Waals surface area contributed by atoms with Crippen molar-refractivity contribution in [3.63, 3.8) is 0 Å². The lowest BCUT2D eigenvalue weighted by molar-refractivity contribution is -0.120. The minimum absolute atomic E-state index is 0.0462. The monoisotopic (exact) mass is 266 g/mol. The van der Waals surface area contributed by atoms with Crippen LogP contribution in [0.1, 0.15) is 31.9 Å². The van der Waals surface area contributed by atoms with Crippen LogP contribution in [0.3, 0.4) is 0 Å². The van der Waals surface area contributed by atoms with E-state index < -0.39 is 0 Å². The standard InChI is InChI=1S/C14H22N2OS/c1-4-9-15-10-14(17)16-11(2)12-5-7-13(18-3)8-6-12/h5-8,11,15H,4,9-10H2,1-3H3,(H,16,17). The summed E-state index contributed by atoms with van der Waals surface area (Å²) < 4.78 is 0. The lowest BCUT2D eigenvalue weighted by Gasteiger charge is -2.15. The van der Waals surface area contributed by atoms with Crippen molar-refractivity contribution in [1.29, 1.82) is 0 Å². The second-order valence-corrected chi connectivity index (χ2v) is 5.12. The highest BCUT2D eigenvalue weighted by molar-refractivity contribution is 7.98. The van der Waals surface area contributed by atoms with Crippen molar-refractivity contribution < 1.29 is 4.79 Å². The van der Waals surface area contributed by atoms with Crippen LogP contribution in [0.25, 0.3) is 0 Å². The van der Waals surface area contributed by atoms with Gasteiger partial charge in [0.1, 0.15) is 0 Å². The lowest BCUT2D eigenvalue weighted by Crippen LogP contribution is -2.35. The van der Waals surface area contributed by atoms with E-state index in [1.165, 1.54) is 4.90 Å². The molecule has 4 heteroatoms. The molecule has 0 fully saturated rings. The van der Waals surface area contributed by atoms with Gasteiger partial charge in [0.15, 0.2) is 0 Å². The van der Waals surface area contributed by atoms with E-state index in [4.69, 9.17) is 0 Å². The van der Waals surface area contributed by atoms with Gasteiger partial charge in [-0.05, 0) is 43.8 Å². The van der Waals surface area contributed by atoms with Crippen LogP contribution in [0.4, 0.5) is 0 Å². The molecule has 0 aliphatic heterocycles. The lowest BCUT2D eigenvalue weighted by atomic mass is 10.1. The summed E-state index contributed by atoms with van der Waals surface area (Å²) in [5.74, 6) is 0.0462. The Kier molecular flexibility index (Phi) is 6.83. The van der Waals surface area contributed by atoms with E-state index in [0.717, 1.165) is 18.5 Å². The van der Waals surface area contributed by atoms with Crippen LogP contribution in [0, 0.1) is 0 Å². The maximum atomic E-state index is 11.6.